The van der Waals surface area contributed by atoms with E-state index in [-0.39, 0.29) is 17.4 Å². The van der Waals surface area contributed by atoms with E-state index in [1.54, 1.807) is 31.3 Å². The number of fused-ring (bicyclic) bond motifs is 1. The highest BCUT2D eigenvalue weighted by molar-refractivity contribution is 5.92. The second kappa shape index (κ2) is 7.82. The fourth-order valence-electron chi connectivity index (χ4n) is 3.07. The molecule has 2 aromatic heterocycles. The predicted octanol–water partition coefficient (Wildman–Crippen LogP) is 4.31. The summed E-state index contributed by atoms with van der Waals surface area (Å²) in [6.07, 6.45) is 1.52. The lowest BCUT2D eigenvalue weighted by atomic mass is 10.2. The van der Waals surface area contributed by atoms with Crippen LogP contribution in [0.5, 0.6) is 11.5 Å². The maximum atomic E-state index is 13.6. The third-order valence-electron chi connectivity index (χ3n) is 4.73. The normalized spacial score (nSPS) is 10.8. The van der Waals surface area contributed by atoms with E-state index in [1.165, 1.54) is 18.3 Å². The second-order valence-electron chi connectivity index (χ2n) is 6.79. The van der Waals surface area contributed by atoms with Crippen molar-refractivity contribution in [3.05, 3.63) is 71.8 Å². The maximum Gasteiger partial charge on any atom is 0.269 e. The molecule has 7 nitrogen and oxygen atoms in total. The molecule has 30 heavy (non-hydrogen) atoms. The molecule has 4 aromatic rings. The molecule has 0 saturated heterocycles. The first-order valence-corrected chi connectivity index (χ1v) is 9.30. The van der Waals surface area contributed by atoms with E-state index in [1.807, 2.05) is 30.7 Å². The molecule has 0 unspecified atom stereocenters. The van der Waals surface area contributed by atoms with E-state index in [0.717, 1.165) is 11.1 Å². The summed E-state index contributed by atoms with van der Waals surface area (Å²) in [6, 6.07) is 13.3. The minimum Gasteiger partial charge on any atom is -0.457 e. The van der Waals surface area contributed by atoms with Gasteiger partial charge in [-0.25, -0.2) is 9.37 Å². The molecule has 2 aromatic carbocycles. The van der Waals surface area contributed by atoms with Gasteiger partial charge in [-0.05, 0) is 42.8 Å². The Hall–Kier alpha value is -3.94. The molecule has 152 valence electrons. The molecule has 0 spiro atoms. The minimum atomic E-state index is -0.314. The van der Waals surface area contributed by atoms with E-state index < -0.39 is 0 Å². The standard InChI is InChI=1S/C22H20FN5O2/c1-13-4-5-14(23)10-17(13)26-22-27-18-11-15(6-7-20(18)28(22)3)30-16-8-9-25-19(12-16)21(29)24-2/h4-12H,1-3H3,(H,24,29)(H,26,27). The molecular formula is C22H20FN5O2. The van der Waals surface area contributed by atoms with Crippen molar-refractivity contribution in [2.24, 2.45) is 7.05 Å². The van der Waals surface area contributed by atoms with Crippen molar-refractivity contribution >= 4 is 28.6 Å². The Morgan fingerprint density at radius 3 is 2.70 bits per heavy atom. The number of nitrogens with one attached hydrogen (secondary N) is 2. The molecule has 0 saturated carbocycles. The largest absolute Gasteiger partial charge is 0.457 e. The van der Waals surface area contributed by atoms with Crippen LogP contribution < -0.4 is 15.4 Å². The summed E-state index contributed by atoms with van der Waals surface area (Å²) >= 11 is 0. The van der Waals surface area contributed by atoms with Gasteiger partial charge in [-0.1, -0.05) is 6.07 Å². The fraction of sp³-hybridized carbons (Fsp3) is 0.136. The average molecular weight is 405 g/mol. The van der Waals surface area contributed by atoms with Gasteiger partial charge in [-0.3, -0.25) is 9.78 Å². The third kappa shape index (κ3) is 3.80. The number of amides is 1. The molecule has 0 aliphatic carbocycles. The van der Waals surface area contributed by atoms with Crippen molar-refractivity contribution in [3.8, 4) is 11.5 Å². The first-order chi connectivity index (χ1) is 14.4. The molecule has 2 heterocycles. The lowest BCUT2D eigenvalue weighted by molar-refractivity contribution is 0.0958. The summed E-state index contributed by atoms with van der Waals surface area (Å²) in [5.41, 5.74) is 3.44. The van der Waals surface area contributed by atoms with Crippen LogP contribution >= 0.6 is 0 Å². The highest BCUT2D eigenvalue weighted by atomic mass is 19.1. The molecule has 0 fully saturated rings. The Balaban J connectivity index is 1.62. The summed E-state index contributed by atoms with van der Waals surface area (Å²) in [7, 11) is 3.43. The number of anilines is 2. The number of hydrogen-bond acceptors (Lipinski definition) is 5. The predicted molar refractivity (Wildman–Crippen MR) is 113 cm³/mol. The smallest absolute Gasteiger partial charge is 0.269 e. The lowest BCUT2D eigenvalue weighted by Gasteiger charge is -2.09. The number of halogens is 1. The van der Waals surface area contributed by atoms with Crippen LogP contribution in [-0.2, 0) is 7.05 Å². The van der Waals surface area contributed by atoms with Gasteiger partial charge in [0.25, 0.3) is 5.91 Å². The van der Waals surface area contributed by atoms with E-state index in [0.29, 0.717) is 28.7 Å². The van der Waals surface area contributed by atoms with Crippen LogP contribution in [0.2, 0.25) is 0 Å². The quantitative estimate of drug-likeness (QED) is 0.517. The van der Waals surface area contributed by atoms with E-state index in [4.69, 9.17) is 4.74 Å². The van der Waals surface area contributed by atoms with Crippen molar-refractivity contribution < 1.29 is 13.9 Å². The van der Waals surface area contributed by atoms with Gasteiger partial charge >= 0.3 is 0 Å². The van der Waals surface area contributed by atoms with Gasteiger partial charge in [0.15, 0.2) is 0 Å². The van der Waals surface area contributed by atoms with Gasteiger partial charge in [0.2, 0.25) is 5.95 Å². The van der Waals surface area contributed by atoms with Crippen LogP contribution in [0.15, 0.2) is 54.7 Å². The van der Waals surface area contributed by atoms with Crippen LogP contribution in [0.25, 0.3) is 11.0 Å². The maximum absolute atomic E-state index is 13.6. The van der Waals surface area contributed by atoms with Crippen LogP contribution in [0, 0.1) is 12.7 Å². The van der Waals surface area contributed by atoms with Crippen molar-refractivity contribution in [3.63, 3.8) is 0 Å². The molecule has 0 bridgehead atoms. The summed E-state index contributed by atoms with van der Waals surface area (Å²) in [5, 5.41) is 5.72. The minimum absolute atomic E-state index is 0.269. The fourth-order valence-corrected chi connectivity index (χ4v) is 3.07. The van der Waals surface area contributed by atoms with Gasteiger partial charge in [0.05, 0.1) is 11.0 Å². The van der Waals surface area contributed by atoms with E-state index >= 15 is 0 Å². The molecule has 0 aliphatic heterocycles. The number of pyridine rings is 1. The van der Waals surface area contributed by atoms with Crippen LogP contribution in [0.1, 0.15) is 16.1 Å². The van der Waals surface area contributed by atoms with Gasteiger partial charge in [0.1, 0.15) is 23.0 Å². The number of hydrogen-bond donors (Lipinski definition) is 2. The molecule has 0 aliphatic rings. The monoisotopic (exact) mass is 405 g/mol. The Kier molecular flexibility index (Phi) is 5.05. The molecule has 4 rings (SSSR count). The van der Waals surface area contributed by atoms with Crippen LogP contribution in [0.4, 0.5) is 16.0 Å². The Labute approximate surface area is 172 Å². The van der Waals surface area contributed by atoms with E-state index in [9.17, 15) is 9.18 Å². The zero-order valence-corrected chi connectivity index (χ0v) is 16.7. The van der Waals surface area contributed by atoms with Gasteiger partial charge in [-0.2, -0.15) is 0 Å². The SMILES string of the molecule is CNC(=O)c1cc(Oc2ccc3c(c2)nc(Nc2cc(F)ccc2C)n3C)ccn1. The number of ether oxygens (including phenoxy) is 1. The average Bonchev–Trinajstić information content (AvgIpc) is 3.05. The molecule has 8 heteroatoms. The molecular weight excluding hydrogens is 385 g/mol. The molecule has 0 atom stereocenters. The number of aromatic nitrogens is 3. The van der Waals surface area contributed by atoms with Gasteiger partial charge in [-0.15, -0.1) is 0 Å². The third-order valence-corrected chi connectivity index (χ3v) is 4.73. The zero-order chi connectivity index (χ0) is 21.3. The Morgan fingerprint density at radius 2 is 1.90 bits per heavy atom. The van der Waals surface area contributed by atoms with Gasteiger partial charge in [0, 0.05) is 38.1 Å². The van der Waals surface area contributed by atoms with Crippen molar-refractivity contribution in [1.29, 1.82) is 0 Å². The lowest BCUT2D eigenvalue weighted by Crippen LogP contribution is -2.18. The van der Waals surface area contributed by atoms with E-state index in [2.05, 4.69) is 20.6 Å². The number of aryl methyl sites for hydroxylation is 2. The van der Waals surface area contributed by atoms with Crippen LogP contribution in [0.3, 0.4) is 0 Å². The van der Waals surface area contributed by atoms with Gasteiger partial charge < -0.3 is 19.9 Å². The summed E-state index contributed by atoms with van der Waals surface area (Å²) < 4.78 is 21.4. The topological polar surface area (TPSA) is 81.1 Å². The van der Waals surface area contributed by atoms with Crippen molar-refractivity contribution in [2.45, 2.75) is 6.92 Å². The van der Waals surface area contributed by atoms with Crippen molar-refractivity contribution in [2.75, 3.05) is 12.4 Å². The first kappa shape index (κ1) is 19.4. The number of rotatable bonds is 5. The number of benzene rings is 2. The number of carbonyl (C=O) groups excluding carboxylic acids is 1. The highest BCUT2D eigenvalue weighted by Crippen LogP contribution is 2.29. The zero-order valence-electron chi connectivity index (χ0n) is 16.7. The molecule has 0 radical (unpaired) electrons. The summed E-state index contributed by atoms with van der Waals surface area (Å²) in [6.45, 7) is 1.90. The second-order valence-corrected chi connectivity index (χ2v) is 6.79. The Bertz CT molecular complexity index is 1250. The molecule has 2 N–H and O–H groups in total. The number of imidazole rings is 1. The van der Waals surface area contributed by atoms with Crippen LogP contribution in [-0.4, -0.2) is 27.5 Å². The molecule has 1 amide bonds. The first-order valence-electron chi connectivity index (χ1n) is 9.30. The number of nitrogens with zero attached hydrogens (tertiary/aromatic N) is 3. The summed E-state index contributed by atoms with van der Waals surface area (Å²) in [5.74, 6) is 1.05. The number of carbonyl (C=O) groups is 1. The summed E-state index contributed by atoms with van der Waals surface area (Å²) in [4.78, 5) is 20.4. The Morgan fingerprint density at radius 1 is 1.10 bits per heavy atom. The van der Waals surface area contributed by atoms with Crippen molar-refractivity contribution in [1.82, 2.24) is 19.9 Å². The highest BCUT2D eigenvalue weighted by Gasteiger charge is 2.12.